The molecule has 1 aromatic rings. The highest BCUT2D eigenvalue weighted by Crippen LogP contribution is 2.24. The van der Waals surface area contributed by atoms with Crippen molar-refractivity contribution in [1.82, 2.24) is 5.32 Å². The number of carbonyl (C=O) groups excluding carboxylic acids is 1. The van der Waals surface area contributed by atoms with E-state index in [1.54, 1.807) is 18.2 Å². The second-order valence-corrected chi connectivity index (χ2v) is 4.97. The molecule has 1 rings (SSSR count). The number of rotatable bonds is 4. The van der Waals surface area contributed by atoms with Crippen LogP contribution in [-0.2, 0) is 0 Å². The third kappa shape index (κ3) is 3.60. The van der Waals surface area contributed by atoms with E-state index in [9.17, 15) is 4.79 Å². The Hall–Kier alpha value is -0.770. The quantitative estimate of drug-likeness (QED) is 0.887. The zero-order valence-corrected chi connectivity index (χ0v) is 11.3. The van der Waals surface area contributed by atoms with Gasteiger partial charge in [-0.25, -0.2) is 0 Å². The van der Waals surface area contributed by atoms with Crippen LogP contribution in [0, 0.1) is 5.92 Å². The van der Waals surface area contributed by atoms with Crippen LogP contribution in [0.15, 0.2) is 18.2 Å². The molecule has 17 heavy (non-hydrogen) atoms. The molecule has 1 atom stereocenters. The number of benzene rings is 1. The Morgan fingerprint density at radius 2 is 1.88 bits per heavy atom. The summed E-state index contributed by atoms with van der Waals surface area (Å²) in [5.74, 6) is -0.0324. The Bertz CT molecular complexity index is 387. The summed E-state index contributed by atoms with van der Waals surface area (Å²) in [6.45, 7) is 4.36. The van der Waals surface area contributed by atoms with Crippen molar-refractivity contribution in [2.45, 2.75) is 19.9 Å². The Morgan fingerprint density at radius 3 is 2.29 bits per heavy atom. The van der Waals surface area contributed by atoms with Crippen molar-refractivity contribution >= 4 is 29.1 Å². The van der Waals surface area contributed by atoms with Gasteiger partial charge in [-0.05, 0) is 18.1 Å². The van der Waals surface area contributed by atoms with Gasteiger partial charge in [0.1, 0.15) is 0 Å². The smallest absolute Gasteiger partial charge is 0.254 e. The molecule has 1 aromatic carbocycles. The van der Waals surface area contributed by atoms with Crippen LogP contribution in [0.4, 0.5) is 0 Å². The SMILES string of the molecule is CC(C)C(CN)NC(=O)c1c(Cl)cccc1Cl. The van der Waals surface area contributed by atoms with Crippen LogP contribution in [0.2, 0.25) is 10.0 Å². The number of amides is 1. The Balaban J connectivity index is 2.90. The predicted octanol–water partition coefficient (Wildman–Crippen LogP) is 2.71. The van der Waals surface area contributed by atoms with Gasteiger partial charge in [-0.1, -0.05) is 43.1 Å². The van der Waals surface area contributed by atoms with E-state index in [2.05, 4.69) is 5.32 Å². The minimum Gasteiger partial charge on any atom is -0.348 e. The first-order valence-electron chi connectivity index (χ1n) is 5.42. The molecule has 0 saturated carbocycles. The first-order chi connectivity index (χ1) is 7.97. The molecule has 3 nitrogen and oxygen atoms in total. The van der Waals surface area contributed by atoms with E-state index >= 15 is 0 Å². The van der Waals surface area contributed by atoms with E-state index in [1.807, 2.05) is 13.8 Å². The van der Waals surface area contributed by atoms with Crippen LogP contribution in [0.3, 0.4) is 0 Å². The lowest BCUT2D eigenvalue weighted by Crippen LogP contribution is -2.43. The number of carbonyl (C=O) groups is 1. The molecule has 0 fully saturated rings. The summed E-state index contributed by atoms with van der Waals surface area (Å²) in [4.78, 5) is 12.0. The molecule has 0 aliphatic carbocycles. The van der Waals surface area contributed by atoms with Crippen LogP contribution in [0.25, 0.3) is 0 Å². The Kier molecular flexibility index (Phi) is 5.25. The molecule has 0 aromatic heterocycles. The first kappa shape index (κ1) is 14.3. The van der Waals surface area contributed by atoms with Crippen LogP contribution in [-0.4, -0.2) is 18.5 Å². The largest absolute Gasteiger partial charge is 0.348 e. The van der Waals surface area contributed by atoms with E-state index in [0.717, 1.165) is 0 Å². The molecule has 3 N–H and O–H groups in total. The van der Waals surface area contributed by atoms with Gasteiger partial charge in [0.05, 0.1) is 15.6 Å². The zero-order valence-electron chi connectivity index (χ0n) is 9.84. The predicted molar refractivity (Wildman–Crippen MR) is 71.6 cm³/mol. The lowest BCUT2D eigenvalue weighted by molar-refractivity contribution is 0.0928. The van der Waals surface area contributed by atoms with Crippen molar-refractivity contribution in [3.05, 3.63) is 33.8 Å². The number of halogens is 2. The van der Waals surface area contributed by atoms with Crippen LogP contribution >= 0.6 is 23.2 Å². The van der Waals surface area contributed by atoms with E-state index in [-0.39, 0.29) is 17.9 Å². The van der Waals surface area contributed by atoms with E-state index in [0.29, 0.717) is 22.2 Å². The van der Waals surface area contributed by atoms with Gasteiger partial charge >= 0.3 is 0 Å². The fourth-order valence-corrected chi connectivity index (χ4v) is 2.02. The molecule has 94 valence electrons. The van der Waals surface area contributed by atoms with Crippen LogP contribution < -0.4 is 11.1 Å². The van der Waals surface area contributed by atoms with Gasteiger partial charge in [-0.2, -0.15) is 0 Å². The summed E-state index contributed by atoms with van der Waals surface area (Å²) in [5.41, 5.74) is 5.90. The van der Waals surface area contributed by atoms with Gasteiger partial charge < -0.3 is 11.1 Å². The van der Waals surface area contributed by atoms with Gasteiger partial charge in [-0.3, -0.25) is 4.79 Å². The summed E-state index contributed by atoms with van der Waals surface area (Å²) in [7, 11) is 0. The normalized spacial score (nSPS) is 12.6. The number of hydrogen-bond acceptors (Lipinski definition) is 2. The summed E-state index contributed by atoms with van der Waals surface area (Å²) >= 11 is 11.9. The molecule has 0 aliphatic rings. The summed E-state index contributed by atoms with van der Waals surface area (Å²) in [5, 5.41) is 3.52. The van der Waals surface area contributed by atoms with Crippen molar-refractivity contribution < 1.29 is 4.79 Å². The topological polar surface area (TPSA) is 55.1 Å². The van der Waals surface area contributed by atoms with Crippen LogP contribution in [0.5, 0.6) is 0 Å². The molecular weight excluding hydrogens is 259 g/mol. The second kappa shape index (κ2) is 6.24. The number of hydrogen-bond donors (Lipinski definition) is 2. The average molecular weight is 275 g/mol. The average Bonchev–Trinajstić information content (AvgIpc) is 2.25. The van der Waals surface area contributed by atoms with Crippen LogP contribution in [0.1, 0.15) is 24.2 Å². The highest BCUT2D eigenvalue weighted by Gasteiger charge is 2.19. The maximum atomic E-state index is 12.0. The van der Waals surface area contributed by atoms with Crippen molar-refractivity contribution in [2.24, 2.45) is 11.7 Å². The van der Waals surface area contributed by atoms with Gasteiger partial charge in [0.15, 0.2) is 0 Å². The number of nitrogens with two attached hydrogens (primary N) is 1. The molecule has 0 aliphatic heterocycles. The molecule has 5 heteroatoms. The van der Waals surface area contributed by atoms with E-state index in [1.165, 1.54) is 0 Å². The Morgan fingerprint density at radius 1 is 1.35 bits per heavy atom. The van der Waals surface area contributed by atoms with Crippen molar-refractivity contribution in [3.63, 3.8) is 0 Å². The Labute approximate surface area is 111 Å². The molecule has 0 heterocycles. The highest BCUT2D eigenvalue weighted by atomic mass is 35.5. The molecular formula is C12H16Cl2N2O. The van der Waals surface area contributed by atoms with E-state index in [4.69, 9.17) is 28.9 Å². The van der Waals surface area contributed by atoms with Crippen molar-refractivity contribution in [1.29, 1.82) is 0 Å². The second-order valence-electron chi connectivity index (χ2n) is 4.16. The van der Waals surface area contributed by atoms with Gasteiger partial charge in [0.2, 0.25) is 0 Å². The molecule has 0 radical (unpaired) electrons. The third-order valence-electron chi connectivity index (χ3n) is 2.56. The van der Waals surface area contributed by atoms with E-state index < -0.39 is 0 Å². The maximum Gasteiger partial charge on any atom is 0.254 e. The summed E-state index contributed by atoms with van der Waals surface area (Å²) < 4.78 is 0. The first-order valence-corrected chi connectivity index (χ1v) is 6.18. The van der Waals surface area contributed by atoms with Crippen molar-refractivity contribution in [2.75, 3.05) is 6.54 Å². The molecule has 0 saturated heterocycles. The fourth-order valence-electron chi connectivity index (χ4n) is 1.45. The highest BCUT2D eigenvalue weighted by molar-refractivity contribution is 6.39. The van der Waals surface area contributed by atoms with Gasteiger partial charge in [0, 0.05) is 12.6 Å². The summed E-state index contributed by atoms with van der Waals surface area (Å²) in [6, 6.07) is 4.88. The molecule has 1 unspecified atom stereocenters. The lowest BCUT2D eigenvalue weighted by atomic mass is 10.0. The summed E-state index contributed by atoms with van der Waals surface area (Å²) in [6.07, 6.45) is 0. The van der Waals surface area contributed by atoms with Crippen molar-refractivity contribution in [3.8, 4) is 0 Å². The minimum absolute atomic E-state index is 0.0881. The maximum absolute atomic E-state index is 12.0. The zero-order chi connectivity index (χ0) is 13.0. The lowest BCUT2D eigenvalue weighted by Gasteiger charge is -2.21. The minimum atomic E-state index is -0.287. The molecule has 0 bridgehead atoms. The fraction of sp³-hybridized carbons (Fsp3) is 0.417. The van der Waals surface area contributed by atoms with Gasteiger partial charge in [0.25, 0.3) is 5.91 Å². The monoisotopic (exact) mass is 274 g/mol. The standard InChI is InChI=1S/C12H16Cl2N2O/c1-7(2)10(6-15)16-12(17)11-8(13)4-3-5-9(11)14/h3-5,7,10H,6,15H2,1-2H3,(H,16,17). The third-order valence-corrected chi connectivity index (χ3v) is 3.19. The molecule has 1 amide bonds. The number of nitrogens with one attached hydrogen (secondary N) is 1. The molecule has 0 spiro atoms. The van der Waals surface area contributed by atoms with Gasteiger partial charge in [-0.15, -0.1) is 0 Å².